The van der Waals surface area contributed by atoms with Crippen molar-refractivity contribution in [2.45, 2.75) is 13.0 Å². The third-order valence-corrected chi connectivity index (χ3v) is 4.44. The second-order valence-electron chi connectivity index (χ2n) is 6.06. The molecule has 124 valence electrons. The molecule has 1 atom stereocenters. The summed E-state index contributed by atoms with van der Waals surface area (Å²) in [6, 6.07) is 24.6. The van der Waals surface area contributed by atoms with E-state index in [1.165, 1.54) is 10.8 Å². The second-order valence-corrected chi connectivity index (χ2v) is 6.06. The van der Waals surface area contributed by atoms with Crippen LogP contribution < -0.4 is 11.1 Å². The van der Waals surface area contributed by atoms with Crippen LogP contribution in [0.2, 0.25) is 0 Å². The van der Waals surface area contributed by atoms with Gasteiger partial charge in [0.15, 0.2) is 0 Å². The minimum atomic E-state index is -0.153. The predicted molar refractivity (Wildman–Crippen MR) is 102 cm³/mol. The third kappa shape index (κ3) is 2.83. The van der Waals surface area contributed by atoms with Gasteiger partial charge in [-0.3, -0.25) is 0 Å². The normalized spacial score (nSPS) is 12.2. The number of anilines is 2. The van der Waals surface area contributed by atoms with Crippen LogP contribution in [0.4, 0.5) is 11.6 Å². The van der Waals surface area contributed by atoms with E-state index >= 15 is 0 Å². The Bertz CT molecular complexity index is 983. The Balaban J connectivity index is 1.91. The summed E-state index contributed by atoms with van der Waals surface area (Å²) in [6.45, 7) is 1.92. The molecule has 0 amide bonds. The van der Waals surface area contributed by atoms with E-state index in [9.17, 15) is 0 Å². The standard InChI is InChI=1S/C21H19N3O/c1-14-19(21(22)25-24-14)20(23-16-10-3-2-4-11-16)18-13-7-9-15-8-5-6-12-17(15)18/h2-13,20,23H,22H2,1H3. The maximum absolute atomic E-state index is 6.11. The molecule has 25 heavy (non-hydrogen) atoms. The number of fused-ring (bicyclic) bond motifs is 1. The fraction of sp³-hybridized carbons (Fsp3) is 0.0952. The highest BCUT2D eigenvalue weighted by Crippen LogP contribution is 2.36. The number of aryl methyl sites for hydroxylation is 1. The fourth-order valence-corrected chi connectivity index (χ4v) is 3.25. The molecule has 0 spiro atoms. The van der Waals surface area contributed by atoms with Crippen LogP contribution in [-0.2, 0) is 0 Å². The van der Waals surface area contributed by atoms with Gasteiger partial charge in [0, 0.05) is 5.69 Å². The van der Waals surface area contributed by atoms with E-state index in [1.807, 2.05) is 43.3 Å². The van der Waals surface area contributed by atoms with Crippen molar-refractivity contribution >= 4 is 22.3 Å². The Hall–Kier alpha value is -3.27. The van der Waals surface area contributed by atoms with Crippen LogP contribution in [0.5, 0.6) is 0 Å². The van der Waals surface area contributed by atoms with E-state index in [-0.39, 0.29) is 6.04 Å². The molecular weight excluding hydrogens is 310 g/mol. The Morgan fingerprint density at radius 3 is 2.40 bits per heavy atom. The number of rotatable bonds is 4. The van der Waals surface area contributed by atoms with Gasteiger partial charge in [-0.25, -0.2) is 0 Å². The molecule has 3 aromatic carbocycles. The maximum atomic E-state index is 6.11. The minimum Gasteiger partial charge on any atom is -0.374 e. The SMILES string of the molecule is Cc1noc(N)c1C(Nc1ccccc1)c1cccc2ccccc12. The van der Waals surface area contributed by atoms with E-state index in [1.54, 1.807) is 0 Å². The Morgan fingerprint density at radius 1 is 0.920 bits per heavy atom. The molecule has 4 heteroatoms. The summed E-state index contributed by atoms with van der Waals surface area (Å²) < 4.78 is 5.24. The van der Waals surface area contributed by atoms with Crippen molar-refractivity contribution in [1.29, 1.82) is 0 Å². The molecule has 4 nitrogen and oxygen atoms in total. The number of aromatic nitrogens is 1. The first kappa shape index (κ1) is 15.3. The molecule has 0 radical (unpaired) electrons. The van der Waals surface area contributed by atoms with Crippen LogP contribution in [0.25, 0.3) is 10.8 Å². The van der Waals surface area contributed by atoms with Crippen molar-refractivity contribution in [1.82, 2.24) is 5.16 Å². The lowest BCUT2D eigenvalue weighted by atomic mass is 9.93. The van der Waals surface area contributed by atoms with E-state index in [0.29, 0.717) is 5.88 Å². The van der Waals surface area contributed by atoms with Gasteiger partial charge >= 0.3 is 0 Å². The van der Waals surface area contributed by atoms with Crippen LogP contribution in [0, 0.1) is 6.92 Å². The molecule has 4 rings (SSSR count). The highest BCUT2D eigenvalue weighted by molar-refractivity contribution is 5.87. The molecule has 0 aliphatic heterocycles. The van der Waals surface area contributed by atoms with Gasteiger partial charge in [0.2, 0.25) is 5.88 Å². The summed E-state index contributed by atoms with van der Waals surface area (Å²) >= 11 is 0. The fourth-order valence-electron chi connectivity index (χ4n) is 3.25. The smallest absolute Gasteiger partial charge is 0.227 e. The van der Waals surface area contributed by atoms with Gasteiger partial charge in [-0.1, -0.05) is 65.8 Å². The molecule has 4 aromatic rings. The van der Waals surface area contributed by atoms with E-state index in [2.05, 4.69) is 46.9 Å². The van der Waals surface area contributed by atoms with Gasteiger partial charge in [0.25, 0.3) is 0 Å². The number of nitrogens with one attached hydrogen (secondary N) is 1. The molecule has 0 saturated carbocycles. The van der Waals surface area contributed by atoms with Crippen molar-refractivity contribution in [2.24, 2.45) is 0 Å². The lowest BCUT2D eigenvalue weighted by Gasteiger charge is -2.22. The van der Waals surface area contributed by atoms with Gasteiger partial charge in [-0.15, -0.1) is 0 Å². The first-order valence-corrected chi connectivity index (χ1v) is 8.25. The van der Waals surface area contributed by atoms with Crippen molar-refractivity contribution in [2.75, 3.05) is 11.1 Å². The van der Waals surface area contributed by atoms with Crippen molar-refractivity contribution in [3.05, 3.63) is 89.6 Å². The number of hydrogen-bond donors (Lipinski definition) is 2. The van der Waals surface area contributed by atoms with Crippen LogP contribution in [0.1, 0.15) is 22.9 Å². The zero-order chi connectivity index (χ0) is 17.2. The molecule has 0 aliphatic carbocycles. The first-order chi connectivity index (χ1) is 12.2. The average molecular weight is 329 g/mol. The lowest BCUT2D eigenvalue weighted by molar-refractivity contribution is 0.431. The number of hydrogen-bond acceptors (Lipinski definition) is 4. The summed E-state index contributed by atoms with van der Waals surface area (Å²) in [6.07, 6.45) is 0. The van der Waals surface area contributed by atoms with Crippen molar-refractivity contribution in [3.8, 4) is 0 Å². The average Bonchev–Trinajstić information content (AvgIpc) is 2.99. The van der Waals surface area contributed by atoms with Crippen LogP contribution in [0.3, 0.4) is 0 Å². The third-order valence-electron chi connectivity index (χ3n) is 4.44. The van der Waals surface area contributed by atoms with E-state index in [0.717, 1.165) is 22.5 Å². The summed E-state index contributed by atoms with van der Waals surface area (Å²) in [5.41, 5.74) is 9.93. The van der Waals surface area contributed by atoms with Gasteiger partial charge in [-0.05, 0) is 35.4 Å². The Kier molecular flexibility index (Phi) is 3.86. The maximum Gasteiger partial charge on any atom is 0.227 e. The van der Waals surface area contributed by atoms with Crippen LogP contribution in [-0.4, -0.2) is 5.16 Å². The molecule has 1 heterocycles. The van der Waals surface area contributed by atoms with Gasteiger partial charge in [0.05, 0.1) is 17.3 Å². The number of para-hydroxylation sites is 1. The Morgan fingerprint density at radius 2 is 1.64 bits per heavy atom. The molecule has 0 aliphatic rings. The largest absolute Gasteiger partial charge is 0.374 e. The molecule has 1 unspecified atom stereocenters. The molecular formula is C21H19N3O. The molecule has 3 N–H and O–H groups in total. The summed E-state index contributed by atoms with van der Waals surface area (Å²) in [4.78, 5) is 0. The van der Waals surface area contributed by atoms with E-state index in [4.69, 9.17) is 10.3 Å². The van der Waals surface area contributed by atoms with Gasteiger partial charge in [0.1, 0.15) is 0 Å². The predicted octanol–water partition coefficient (Wildman–Crippen LogP) is 4.92. The quantitative estimate of drug-likeness (QED) is 0.558. The molecule has 0 bridgehead atoms. The zero-order valence-corrected chi connectivity index (χ0v) is 13.9. The Labute approximate surface area is 146 Å². The summed E-state index contributed by atoms with van der Waals surface area (Å²) in [5.74, 6) is 0.346. The molecule has 0 fully saturated rings. The first-order valence-electron chi connectivity index (χ1n) is 8.25. The monoisotopic (exact) mass is 329 g/mol. The highest BCUT2D eigenvalue weighted by atomic mass is 16.5. The summed E-state index contributed by atoms with van der Waals surface area (Å²) in [5, 5.41) is 10.0. The minimum absolute atomic E-state index is 0.153. The van der Waals surface area contributed by atoms with Gasteiger partial charge < -0.3 is 15.6 Å². The number of nitrogens with two attached hydrogens (primary N) is 1. The van der Waals surface area contributed by atoms with Crippen molar-refractivity contribution in [3.63, 3.8) is 0 Å². The van der Waals surface area contributed by atoms with Crippen LogP contribution in [0.15, 0.2) is 77.3 Å². The molecule has 1 aromatic heterocycles. The number of benzene rings is 3. The van der Waals surface area contributed by atoms with Crippen LogP contribution >= 0.6 is 0 Å². The molecule has 0 saturated heterocycles. The number of nitrogen functional groups attached to an aromatic ring is 1. The van der Waals surface area contributed by atoms with E-state index < -0.39 is 0 Å². The lowest BCUT2D eigenvalue weighted by Crippen LogP contribution is -2.14. The second kappa shape index (κ2) is 6.32. The van der Waals surface area contributed by atoms with Gasteiger partial charge in [-0.2, -0.15) is 0 Å². The van der Waals surface area contributed by atoms with Crippen molar-refractivity contribution < 1.29 is 4.52 Å². The topological polar surface area (TPSA) is 64.1 Å². The summed E-state index contributed by atoms with van der Waals surface area (Å²) in [7, 11) is 0. The highest BCUT2D eigenvalue weighted by Gasteiger charge is 2.24. The number of nitrogens with zero attached hydrogens (tertiary/aromatic N) is 1. The zero-order valence-electron chi connectivity index (χ0n) is 13.9.